The minimum absolute atomic E-state index is 0.247. The van der Waals surface area contributed by atoms with E-state index in [9.17, 15) is 4.79 Å². The Bertz CT molecular complexity index is 329. The summed E-state index contributed by atoms with van der Waals surface area (Å²) in [5, 5.41) is 6.87. The fourth-order valence-corrected chi connectivity index (χ4v) is 3.69. The van der Waals surface area contributed by atoms with E-state index in [-0.39, 0.29) is 5.91 Å². The van der Waals surface area contributed by atoms with Crippen molar-refractivity contribution in [2.75, 3.05) is 26.2 Å². The molecule has 0 aromatic rings. The highest BCUT2D eigenvalue weighted by Crippen LogP contribution is 2.22. The third-order valence-corrected chi connectivity index (χ3v) is 5.32. The van der Waals surface area contributed by atoms with Gasteiger partial charge in [0.15, 0.2) is 0 Å². The summed E-state index contributed by atoms with van der Waals surface area (Å²) in [6, 6.07) is 1.27. The van der Waals surface area contributed by atoms with Crippen molar-refractivity contribution in [3.63, 3.8) is 0 Å². The Labute approximate surface area is 129 Å². The Kier molecular flexibility index (Phi) is 5.53. The molecule has 0 aromatic carbocycles. The van der Waals surface area contributed by atoms with Crippen LogP contribution < -0.4 is 10.6 Å². The van der Waals surface area contributed by atoms with Gasteiger partial charge in [0.2, 0.25) is 5.91 Å². The molecule has 21 heavy (non-hydrogen) atoms. The molecule has 1 heterocycles. The van der Waals surface area contributed by atoms with Crippen molar-refractivity contribution in [1.82, 2.24) is 15.5 Å². The summed E-state index contributed by atoms with van der Waals surface area (Å²) >= 11 is 0. The third-order valence-electron chi connectivity index (χ3n) is 5.32. The zero-order valence-corrected chi connectivity index (χ0v) is 13.3. The van der Waals surface area contributed by atoms with Crippen molar-refractivity contribution in [2.45, 2.75) is 69.9 Å². The average Bonchev–Trinajstić information content (AvgIpc) is 3.32. The van der Waals surface area contributed by atoms with E-state index in [0.717, 1.165) is 25.0 Å². The van der Waals surface area contributed by atoms with Crippen LogP contribution in [0.5, 0.6) is 0 Å². The first-order valence-electron chi connectivity index (χ1n) is 9.05. The fraction of sp³-hybridized carbons (Fsp3) is 0.941. The number of nitrogens with zero attached hydrogens (tertiary/aromatic N) is 1. The summed E-state index contributed by atoms with van der Waals surface area (Å²) in [6.07, 6.45) is 11.5. The molecule has 3 fully saturated rings. The Morgan fingerprint density at radius 3 is 2.29 bits per heavy atom. The summed E-state index contributed by atoms with van der Waals surface area (Å²) < 4.78 is 0. The smallest absolute Gasteiger partial charge is 0.234 e. The van der Waals surface area contributed by atoms with E-state index < -0.39 is 0 Å². The third kappa shape index (κ3) is 5.26. The van der Waals surface area contributed by atoms with Crippen LogP contribution in [0.3, 0.4) is 0 Å². The summed E-state index contributed by atoms with van der Waals surface area (Å²) in [7, 11) is 0. The quantitative estimate of drug-likeness (QED) is 0.786. The minimum Gasteiger partial charge on any atom is -0.352 e. The lowest BCUT2D eigenvalue weighted by molar-refractivity contribution is -0.123. The van der Waals surface area contributed by atoms with Gasteiger partial charge in [0, 0.05) is 12.1 Å². The van der Waals surface area contributed by atoms with E-state index in [1.807, 2.05) is 0 Å². The second-order valence-corrected chi connectivity index (χ2v) is 7.30. The van der Waals surface area contributed by atoms with Gasteiger partial charge in [-0.2, -0.15) is 0 Å². The van der Waals surface area contributed by atoms with E-state index in [1.54, 1.807) is 0 Å². The van der Waals surface area contributed by atoms with Crippen LogP contribution in [0.25, 0.3) is 0 Å². The molecule has 1 saturated heterocycles. The molecule has 1 amide bonds. The summed E-state index contributed by atoms with van der Waals surface area (Å²) in [6.45, 7) is 3.98. The first-order valence-corrected chi connectivity index (χ1v) is 9.05. The average molecular weight is 293 g/mol. The van der Waals surface area contributed by atoms with Gasteiger partial charge in [-0.3, -0.25) is 9.69 Å². The normalized spacial score (nSPS) is 25.9. The molecule has 2 saturated carbocycles. The predicted octanol–water partition coefficient (Wildman–Crippen LogP) is 1.90. The molecular weight excluding hydrogens is 262 g/mol. The van der Waals surface area contributed by atoms with Crippen LogP contribution in [0.4, 0.5) is 0 Å². The molecule has 0 bridgehead atoms. The van der Waals surface area contributed by atoms with Crippen molar-refractivity contribution in [2.24, 2.45) is 5.92 Å². The number of carbonyl (C=O) groups excluding carboxylic acids is 1. The van der Waals surface area contributed by atoms with Gasteiger partial charge in [-0.05, 0) is 64.1 Å². The lowest BCUT2D eigenvalue weighted by Crippen LogP contribution is -2.45. The molecule has 3 aliphatic rings. The van der Waals surface area contributed by atoms with Crippen molar-refractivity contribution in [3.8, 4) is 0 Å². The van der Waals surface area contributed by atoms with Crippen molar-refractivity contribution in [1.29, 1.82) is 0 Å². The molecular formula is C17H31N3O. The number of amides is 1. The Morgan fingerprint density at radius 2 is 1.62 bits per heavy atom. The molecule has 0 spiro atoms. The van der Waals surface area contributed by atoms with Crippen LogP contribution in [0, 0.1) is 5.92 Å². The molecule has 4 heteroatoms. The standard InChI is InChI=1S/C17H31N3O/c21-17(19-16-4-2-1-3-5-16)13-20-10-8-14(9-11-20)12-18-15-6-7-15/h14-16,18H,1-13H2,(H,19,21). The Balaban J connectivity index is 1.29. The lowest BCUT2D eigenvalue weighted by atomic mass is 9.95. The molecule has 0 radical (unpaired) electrons. The van der Waals surface area contributed by atoms with Crippen LogP contribution in [0.15, 0.2) is 0 Å². The Hall–Kier alpha value is -0.610. The maximum absolute atomic E-state index is 12.1. The molecule has 2 aliphatic carbocycles. The number of hydrogen-bond acceptors (Lipinski definition) is 3. The van der Waals surface area contributed by atoms with Crippen molar-refractivity contribution < 1.29 is 4.79 Å². The summed E-state index contributed by atoms with van der Waals surface area (Å²) in [5.41, 5.74) is 0. The van der Waals surface area contributed by atoms with Gasteiger partial charge in [0.25, 0.3) is 0 Å². The van der Waals surface area contributed by atoms with Crippen LogP contribution >= 0.6 is 0 Å². The van der Waals surface area contributed by atoms with E-state index >= 15 is 0 Å². The SMILES string of the molecule is O=C(CN1CCC(CNC2CC2)CC1)NC1CCCCC1. The predicted molar refractivity (Wildman–Crippen MR) is 85.2 cm³/mol. The number of nitrogens with one attached hydrogen (secondary N) is 2. The molecule has 0 unspecified atom stereocenters. The van der Waals surface area contributed by atoms with Gasteiger partial charge >= 0.3 is 0 Å². The van der Waals surface area contributed by atoms with Crippen molar-refractivity contribution in [3.05, 3.63) is 0 Å². The number of rotatable bonds is 6. The lowest BCUT2D eigenvalue weighted by Gasteiger charge is -2.32. The number of piperidine rings is 1. The van der Waals surface area contributed by atoms with Gasteiger partial charge in [0.1, 0.15) is 0 Å². The Morgan fingerprint density at radius 1 is 0.905 bits per heavy atom. The minimum atomic E-state index is 0.247. The highest BCUT2D eigenvalue weighted by atomic mass is 16.2. The highest BCUT2D eigenvalue weighted by Gasteiger charge is 2.25. The zero-order valence-electron chi connectivity index (χ0n) is 13.3. The van der Waals surface area contributed by atoms with Crippen molar-refractivity contribution >= 4 is 5.91 Å². The largest absolute Gasteiger partial charge is 0.352 e. The van der Waals surface area contributed by atoms with E-state index in [4.69, 9.17) is 0 Å². The van der Waals surface area contributed by atoms with Gasteiger partial charge in [-0.1, -0.05) is 19.3 Å². The molecule has 2 N–H and O–H groups in total. The van der Waals surface area contributed by atoms with Gasteiger partial charge < -0.3 is 10.6 Å². The maximum Gasteiger partial charge on any atom is 0.234 e. The van der Waals surface area contributed by atoms with Gasteiger partial charge in [0.05, 0.1) is 6.54 Å². The first kappa shape index (κ1) is 15.3. The van der Waals surface area contributed by atoms with E-state index in [2.05, 4.69) is 15.5 Å². The topological polar surface area (TPSA) is 44.4 Å². The van der Waals surface area contributed by atoms with Gasteiger partial charge in [-0.25, -0.2) is 0 Å². The molecule has 0 aromatic heterocycles. The summed E-state index contributed by atoms with van der Waals surface area (Å²) in [4.78, 5) is 14.5. The van der Waals surface area contributed by atoms with Crippen LogP contribution in [0.1, 0.15) is 57.8 Å². The molecule has 1 aliphatic heterocycles. The molecule has 0 atom stereocenters. The first-order chi connectivity index (χ1) is 10.3. The monoisotopic (exact) mass is 293 g/mol. The van der Waals surface area contributed by atoms with E-state index in [0.29, 0.717) is 12.6 Å². The number of carbonyl (C=O) groups is 1. The van der Waals surface area contributed by atoms with Crippen LogP contribution in [-0.4, -0.2) is 49.1 Å². The second kappa shape index (κ2) is 7.59. The maximum atomic E-state index is 12.1. The van der Waals surface area contributed by atoms with Gasteiger partial charge in [-0.15, -0.1) is 0 Å². The molecule has 3 rings (SSSR count). The second-order valence-electron chi connectivity index (χ2n) is 7.30. The summed E-state index contributed by atoms with van der Waals surface area (Å²) in [5.74, 6) is 1.07. The number of likely N-dealkylation sites (tertiary alicyclic amines) is 1. The molecule has 120 valence electrons. The highest BCUT2D eigenvalue weighted by molar-refractivity contribution is 5.78. The number of hydrogen-bond donors (Lipinski definition) is 2. The zero-order chi connectivity index (χ0) is 14.5. The van der Waals surface area contributed by atoms with E-state index in [1.165, 1.54) is 64.3 Å². The van der Waals surface area contributed by atoms with Crippen LogP contribution in [-0.2, 0) is 4.79 Å². The fourth-order valence-electron chi connectivity index (χ4n) is 3.69. The molecule has 4 nitrogen and oxygen atoms in total. The van der Waals surface area contributed by atoms with Crippen LogP contribution in [0.2, 0.25) is 0 Å².